The molecule has 0 saturated heterocycles. The van der Waals surface area contributed by atoms with Crippen LogP contribution in [0.5, 0.6) is 0 Å². The van der Waals surface area contributed by atoms with Crippen LogP contribution in [-0.2, 0) is 10.0 Å². The third-order valence-electron chi connectivity index (χ3n) is 4.95. The highest BCUT2D eigenvalue weighted by atomic mass is 35.5. The Bertz CT molecular complexity index is 1500. The van der Waals surface area contributed by atoms with Gasteiger partial charge in [0.1, 0.15) is 0 Å². The van der Waals surface area contributed by atoms with Crippen molar-refractivity contribution in [3.8, 4) is 0 Å². The fourth-order valence-corrected chi connectivity index (χ4v) is 4.76. The van der Waals surface area contributed by atoms with E-state index in [1.54, 1.807) is 31.2 Å². The lowest BCUT2D eigenvalue weighted by molar-refractivity contribution is -0.384. The van der Waals surface area contributed by atoms with E-state index in [0.29, 0.717) is 27.2 Å². The number of rotatable bonds is 6. The first-order valence-electron chi connectivity index (χ1n) is 9.60. The number of hydrogen-bond acceptors (Lipinski definition) is 5. The summed E-state index contributed by atoms with van der Waals surface area (Å²) in [6, 6.07) is 14.9. The molecule has 0 aliphatic rings. The number of anilines is 2. The van der Waals surface area contributed by atoms with Crippen molar-refractivity contribution in [3.63, 3.8) is 0 Å². The Morgan fingerprint density at radius 1 is 1.03 bits per heavy atom. The van der Waals surface area contributed by atoms with Gasteiger partial charge in [-0.1, -0.05) is 17.7 Å². The number of nitro benzene ring substituents is 1. The van der Waals surface area contributed by atoms with Crippen LogP contribution < -0.4 is 10.0 Å². The molecule has 9 nitrogen and oxygen atoms in total. The summed E-state index contributed by atoms with van der Waals surface area (Å²) in [6.07, 6.45) is 1.44. The quantitative estimate of drug-likeness (QED) is 0.259. The predicted octanol–water partition coefficient (Wildman–Crippen LogP) is 5.09. The van der Waals surface area contributed by atoms with Crippen LogP contribution in [0, 0.1) is 17.0 Å². The van der Waals surface area contributed by atoms with Gasteiger partial charge in [-0.05, 0) is 55.0 Å². The van der Waals surface area contributed by atoms with E-state index in [1.807, 2.05) is 0 Å². The maximum atomic E-state index is 12.9. The van der Waals surface area contributed by atoms with Crippen molar-refractivity contribution in [2.24, 2.45) is 0 Å². The molecule has 1 heterocycles. The number of carbonyl (C=O) groups is 1. The number of non-ortho nitro benzene ring substituents is 1. The van der Waals surface area contributed by atoms with Crippen molar-refractivity contribution < 1.29 is 18.1 Å². The summed E-state index contributed by atoms with van der Waals surface area (Å²) in [5.41, 5.74) is 1.68. The summed E-state index contributed by atoms with van der Waals surface area (Å²) < 4.78 is 28.3. The second-order valence-corrected chi connectivity index (χ2v) is 9.32. The van der Waals surface area contributed by atoms with E-state index in [2.05, 4.69) is 15.0 Å². The zero-order chi connectivity index (χ0) is 23.8. The molecule has 4 aromatic rings. The number of aromatic nitrogens is 1. The van der Waals surface area contributed by atoms with Gasteiger partial charge >= 0.3 is 0 Å². The number of hydrogen-bond donors (Lipinski definition) is 3. The Hall–Kier alpha value is -3.89. The second kappa shape index (κ2) is 8.57. The van der Waals surface area contributed by atoms with E-state index >= 15 is 0 Å². The predicted molar refractivity (Wildman–Crippen MR) is 126 cm³/mol. The topological polar surface area (TPSA) is 134 Å². The molecule has 3 aromatic carbocycles. The number of fused-ring (bicyclic) bond motifs is 1. The molecule has 3 N–H and O–H groups in total. The number of aryl methyl sites for hydroxylation is 1. The number of H-pyrrole nitrogens is 1. The SMILES string of the molecule is Cc1ccc(NC(=O)c2c[nH]c3ccc([N+](=O)[O-])cc23)cc1S(=O)(=O)Nc1ccc(Cl)cc1. The number of carbonyl (C=O) groups excluding carboxylic acids is 1. The molecule has 0 atom stereocenters. The van der Waals surface area contributed by atoms with Gasteiger partial charge in [0.2, 0.25) is 0 Å². The maximum Gasteiger partial charge on any atom is 0.270 e. The molecule has 0 aliphatic carbocycles. The van der Waals surface area contributed by atoms with E-state index in [9.17, 15) is 23.3 Å². The zero-order valence-corrected chi connectivity index (χ0v) is 18.7. The Morgan fingerprint density at radius 2 is 1.73 bits per heavy atom. The molecule has 1 aromatic heterocycles. The van der Waals surface area contributed by atoms with Gasteiger partial charge < -0.3 is 10.3 Å². The standard InChI is InChI=1S/C22H17ClN4O5S/c1-13-2-5-16(10-21(13)33(31,32)26-15-6-3-14(23)4-7-15)25-22(28)19-12-24-20-9-8-17(27(29)30)11-18(19)20/h2-12,24,26H,1H3,(H,25,28). The zero-order valence-electron chi connectivity index (χ0n) is 17.1. The molecular weight excluding hydrogens is 468 g/mol. The van der Waals surface area contributed by atoms with E-state index in [0.717, 1.165) is 0 Å². The molecule has 0 spiro atoms. The monoisotopic (exact) mass is 484 g/mol. The molecule has 168 valence electrons. The summed E-state index contributed by atoms with van der Waals surface area (Å²) in [7, 11) is -3.94. The van der Waals surface area contributed by atoms with E-state index < -0.39 is 20.9 Å². The van der Waals surface area contributed by atoms with Gasteiger partial charge in [0.25, 0.3) is 21.6 Å². The van der Waals surface area contributed by atoms with Gasteiger partial charge in [-0.25, -0.2) is 8.42 Å². The van der Waals surface area contributed by atoms with Crippen LogP contribution in [0.25, 0.3) is 10.9 Å². The minimum absolute atomic E-state index is 0.00943. The summed E-state index contributed by atoms with van der Waals surface area (Å²) in [5.74, 6) is -0.542. The Morgan fingerprint density at radius 3 is 2.42 bits per heavy atom. The second-order valence-electron chi connectivity index (χ2n) is 7.24. The van der Waals surface area contributed by atoms with Gasteiger partial charge in [-0.3, -0.25) is 19.6 Å². The molecule has 0 aliphatic heterocycles. The number of halogens is 1. The third kappa shape index (κ3) is 4.66. The van der Waals surface area contributed by atoms with Crippen molar-refractivity contribution in [3.05, 3.63) is 93.1 Å². The molecule has 33 heavy (non-hydrogen) atoms. The largest absolute Gasteiger partial charge is 0.360 e. The molecule has 11 heteroatoms. The lowest BCUT2D eigenvalue weighted by Gasteiger charge is -2.13. The number of nitrogens with one attached hydrogen (secondary N) is 3. The molecule has 0 radical (unpaired) electrons. The smallest absolute Gasteiger partial charge is 0.270 e. The molecule has 0 unspecified atom stereocenters. The highest BCUT2D eigenvalue weighted by Crippen LogP contribution is 2.27. The minimum atomic E-state index is -3.94. The maximum absolute atomic E-state index is 12.9. The van der Waals surface area contributed by atoms with Crippen LogP contribution in [0.15, 0.2) is 71.8 Å². The first kappa shape index (κ1) is 22.3. The summed E-state index contributed by atoms with van der Waals surface area (Å²) in [4.78, 5) is 26.3. The number of nitrogens with zero attached hydrogens (tertiary/aromatic N) is 1. The number of amides is 1. The minimum Gasteiger partial charge on any atom is -0.360 e. The van der Waals surface area contributed by atoms with Crippen molar-refractivity contribution in [2.75, 3.05) is 10.0 Å². The summed E-state index contributed by atoms with van der Waals surface area (Å²) in [5, 5.41) is 14.6. The van der Waals surface area contributed by atoms with Gasteiger partial charge in [0, 0.05) is 45.6 Å². The van der Waals surface area contributed by atoms with Gasteiger partial charge in [0.15, 0.2) is 0 Å². The summed E-state index contributed by atoms with van der Waals surface area (Å²) >= 11 is 5.84. The van der Waals surface area contributed by atoms with E-state index in [-0.39, 0.29) is 21.8 Å². The molecular formula is C22H17ClN4O5S. The summed E-state index contributed by atoms with van der Waals surface area (Å²) in [6.45, 7) is 1.64. The lowest BCUT2D eigenvalue weighted by atomic mass is 10.1. The van der Waals surface area contributed by atoms with E-state index in [1.165, 1.54) is 42.6 Å². The Labute approximate surface area is 193 Å². The fourth-order valence-electron chi connectivity index (χ4n) is 3.30. The highest BCUT2D eigenvalue weighted by molar-refractivity contribution is 7.92. The van der Waals surface area contributed by atoms with Crippen LogP contribution >= 0.6 is 11.6 Å². The molecule has 0 bridgehead atoms. The molecule has 0 fully saturated rings. The van der Waals surface area contributed by atoms with E-state index in [4.69, 9.17) is 11.6 Å². The number of aromatic amines is 1. The van der Waals surface area contributed by atoms with Gasteiger partial charge in [-0.15, -0.1) is 0 Å². The average Bonchev–Trinajstić information content (AvgIpc) is 3.20. The Balaban J connectivity index is 1.62. The number of sulfonamides is 1. The van der Waals surface area contributed by atoms with Crippen LogP contribution in [0.3, 0.4) is 0 Å². The van der Waals surface area contributed by atoms with Gasteiger partial charge in [0.05, 0.1) is 15.4 Å². The first-order valence-corrected chi connectivity index (χ1v) is 11.5. The van der Waals surface area contributed by atoms with Crippen molar-refractivity contribution in [1.29, 1.82) is 0 Å². The highest BCUT2D eigenvalue weighted by Gasteiger charge is 2.20. The number of benzene rings is 3. The van der Waals surface area contributed by atoms with Crippen LogP contribution in [0.1, 0.15) is 15.9 Å². The van der Waals surface area contributed by atoms with Crippen molar-refractivity contribution in [1.82, 2.24) is 4.98 Å². The third-order valence-corrected chi connectivity index (χ3v) is 6.73. The van der Waals surface area contributed by atoms with Crippen LogP contribution in [0.2, 0.25) is 5.02 Å². The molecule has 4 rings (SSSR count). The van der Waals surface area contributed by atoms with Crippen LogP contribution in [-0.4, -0.2) is 24.2 Å². The van der Waals surface area contributed by atoms with Crippen molar-refractivity contribution >= 4 is 55.5 Å². The fraction of sp³-hybridized carbons (Fsp3) is 0.0455. The van der Waals surface area contributed by atoms with Crippen LogP contribution in [0.4, 0.5) is 17.1 Å². The first-order chi connectivity index (χ1) is 15.6. The lowest BCUT2D eigenvalue weighted by Crippen LogP contribution is -2.16. The molecule has 0 saturated carbocycles. The molecule has 1 amide bonds. The van der Waals surface area contributed by atoms with Gasteiger partial charge in [-0.2, -0.15) is 0 Å². The normalized spacial score (nSPS) is 11.3. The van der Waals surface area contributed by atoms with Crippen molar-refractivity contribution in [2.45, 2.75) is 11.8 Å². The Kier molecular flexibility index (Phi) is 5.79. The average molecular weight is 485 g/mol. The number of nitro groups is 1.